The van der Waals surface area contributed by atoms with Crippen molar-refractivity contribution in [3.8, 4) is 11.3 Å². The minimum absolute atomic E-state index is 0.00907. The van der Waals surface area contributed by atoms with Crippen LogP contribution in [0.25, 0.3) is 23.4 Å². The van der Waals surface area contributed by atoms with Gasteiger partial charge in [-0.2, -0.15) is 0 Å². The van der Waals surface area contributed by atoms with Crippen LogP contribution in [-0.2, 0) is 11.3 Å². The first-order valence-electron chi connectivity index (χ1n) is 9.29. The Morgan fingerprint density at radius 3 is 2.52 bits per heavy atom. The molecule has 0 aliphatic carbocycles. The van der Waals surface area contributed by atoms with Gasteiger partial charge in [-0.25, -0.2) is 0 Å². The van der Waals surface area contributed by atoms with E-state index in [4.69, 9.17) is 11.6 Å². The average molecular weight is 403 g/mol. The summed E-state index contributed by atoms with van der Waals surface area (Å²) in [5.41, 5.74) is 5.70. The van der Waals surface area contributed by atoms with Gasteiger partial charge in [-0.05, 0) is 47.9 Å². The number of halogens is 1. The Kier molecular flexibility index (Phi) is 5.03. The van der Waals surface area contributed by atoms with Gasteiger partial charge in [-0.3, -0.25) is 14.6 Å². The molecule has 4 nitrogen and oxygen atoms in total. The third-order valence-electron chi connectivity index (χ3n) is 5.04. The number of rotatable bonds is 2. The third-order valence-corrected chi connectivity index (χ3v) is 5.27. The third kappa shape index (κ3) is 3.71. The van der Waals surface area contributed by atoms with Gasteiger partial charge >= 0.3 is 0 Å². The van der Waals surface area contributed by atoms with Crippen LogP contribution in [0.2, 0.25) is 5.02 Å². The average Bonchev–Trinajstić information content (AvgIpc) is 2.69. The fourth-order valence-electron chi connectivity index (χ4n) is 3.58. The molecule has 0 spiro atoms. The van der Waals surface area contributed by atoms with Crippen LogP contribution >= 0.6 is 11.6 Å². The summed E-state index contributed by atoms with van der Waals surface area (Å²) < 4.78 is 0. The molecule has 0 saturated heterocycles. The highest BCUT2D eigenvalue weighted by Crippen LogP contribution is 2.32. The number of aromatic nitrogens is 1. The first kappa shape index (κ1) is 19.1. The second-order valence-electron chi connectivity index (χ2n) is 7.01. The maximum absolute atomic E-state index is 12.4. The van der Waals surface area contributed by atoms with Gasteiger partial charge in [0.1, 0.15) is 0 Å². The number of pyridine rings is 1. The molecule has 0 radical (unpaired) electrons. The van der Waals surface area contributed by atoms with Crippen LogP contribution in [0.5, 0.6) is 0 Å². The van der Waals surface area contributed by atoms with E-state index >= 15 is 0 Å². The first-order chi connectivity index (χ1) is 13.9. The highest BCUT2D eigenvalue weighted by atomic mass is 35.5. The molecule has 1 aliphatic heterocycles. The fraction of sp³-hybridized carbons (Fsp3) is 0.125. The SMILES string of the molecule is CC(=O)c1ccccc1-c1cc2c(cn1)C=Cc1cc(Cl)ccc1N(C(C)=O)C2. The highest BCUT2D eigenvalue weighted by Gasteiger charge is 2.20. The van der Waals surface area contributed by atoms with E-state index in [9.17, 15) is 9.59 Å². The molecule has 1 aromatic heterocycles. The number of ketones is 1. The van der Waals surface area contributed by atoms with E-state index in [1.165, 1.54) is 0 Å². The molecule has 0 fully saturated rings. The molecule has 1 aliphatic rings. The number of hydrogen-bond acceptors (Lipinski definition) is 3. The Morgan fingerprint density at radius 1 is 1.00 bits per heavy atom. The second kappa shape index (κ2) is 7.64. The lowest BCUT2D eigenvalue weighted by Gasteiger charge is -2.26. The van der Waals surface area contributed by atoms with Crippen LogP contribution in [0, 0.1) is 0 Å². The minimum Gasteiger partial charge on any atom is -0.308 e. The zero-order valence-corrected chi connectivity index (χ0v) is 16.9. The Bertz CT molecular complexity index is 1170. The molecular weight excluding hydrogens is 384 g/mol. The van der Waals surface area contributed by atoms with E-state index < -0.39 is 0 Å². The number of nitrogens with zero attached hydrogens (tertiary/aromatic N) is 2. The van der Waals surface area contributed by atoms with Crippen LogP contribution < -0.4 is 4.90 Å². The van der Waals surface area contributed by atoms with Gasteiger partial charge in [0, 0.05) is 29.3 Å². The van der Waals surface area contributed by atoms with Crippen molar-refractivity contribution >= 4 is 41.1 Å². The topological polar surface area (TPSA) is 50.3 Å². The molecule has 144 valence electrons. The Hall–Kier alpha value is -3.24. The molecule has 0 bridgehead atoms. The predicted molar refractivity (Wildman–Crippen MR) is 117 cm³/mol. The van der Waals surface area contributed by atoms with Crippen molar-refractivity contribution in [1.82, 2.24) is 4.98 Å². The summed E-state index contributed by atoms with van der Waals surface area (Å²) in [6.07, 6.45) is 5.71. The summed E-state index contributed by atoms with van der Waals surface area (Å²) >= 11 is 6.15. The molecule has 0 unspecified atom stereocenters. The van der Waals surface area contributed by atoms with Gasteiger partial charge < -0.3 is 4.90 Å². The number of fused-ring (bicyclic) bond motifs is 2. The van der Waals surface area contributed by atoms with Crippen molar-refractivity contribution in [2.24, 2.45) is 0 Å². The second-order valence-corrected chi connectivity index (χ2v) is 7.45. The van der Waals surface area contributed by atoms with Crippen molar-refractivity contribution in [2.75, 3.05) is 4.90 Å². The Balaban J connectivity index is 1.86. The maximum Gasteiger partial charge on any atom is 0.224 e. The summed E-state index contributed by atoms with van der Waals surface area (Å²) in [5, 5.41) is 0.618. The molecule has 0 N–H and O–H groups in total. The van der Waals surface area contributed by atoms with E-state index in [-0.39, 0.29) is 11.7 Å². The van der Waals surface area contributed by atoms with Gasteiger partial charge in [0.25, 0.3) is 0 Å². The lowest BCUT2D eigenvalue weighted by molar-refractivity contribution is -0.116. The van der Waals surface area contributed by atoms with Gasteiger partial charge in [0.15, 0.2) is 5.78 Å². The van der Waals surface area contributed by atoms with Crippen LogP contribution in [0.4, 0.5) is 5.69 Å². The molecule has 3 aromatic rings. The van der Waals surface area contributed by atoms with Crippen molar-refractivity contribution in [1.29, 1.82) is 0 Å². The maximum atomic E-state index is 12.4. The standard InChI is InChI=1S/C24H19ClN2O2/c1-15(28)21-5-3-4-6-22(21)23-12-19-14-27(16(2)29)24-10-9-20(25)11-17(24)7-8-18(19)13-26-23/h3-13H,14H2,1-2H3. The van der Waals surface area contributed by atoms with E-state index in [1.54, 1.807) is 37.1 Å². The predicted octanol–water partition coefficient (Wildman–Crippen LogP) is 5.64. The van der Waals surface area contributed by atoms with Crippen molar-refractivity contribution in [2.45, 2.75) is 20.4 Å². The van der Waals surface area contributed by atoms with Crippen molar-refractivity contribution in [3.05, 3.63) is 82.0 Å². The molecule has 1 amide bonds. The lowest BCUT2D eigenvalue weighted by Crippen LogP contribution is -2.29. The summed E-state index contributed by atoms with van der Waals surface area (Å²) in [5.74, 6) is -0.0671. The lowest BCUT2D eigenvalue weighted by atomic mass is 9.97. The zero-order chi connectivity index (χ0) is 20.5. The van der Waals surface area contributed by atoms with Crippen LogP contribution in [0.15, 0.2) is 54.7 Å². The molecule has 0 atom stereocenters. The molecule has 0 saturated carbocycles. The van der Waals surface area contributed by atoms with Crippen molar-refractivity contribution in [3.63, 3.8) is 0 Å². The smallest absolute Gasteiger partial charge is 0.224 e. The summed E-state index contributed by atoms with van der Waals surface area (Å²) in [4.78, 5) is 30.8. The van der Waals surface area contributed by atoms with Crippen molar-refractivity contribution < 1.29 is 9.59 Å². The van der Waals surface area contributed by atoms with E-state index in [1.807, 2.05) is 48.6 Å². The number of Topliss-reactive ketones (excluding diaryl/α,β-unsaturated/α-hetero) is 1. The molecular formula is C24H19ClN2O2. The minimum atomic E-state index is -0.0580. The monoisotopic (exact) mass is 402 g/mol. The van der Waals surface area contributed by atoms with Crippen LogP contribution in [0.3, 0.4) is 0 Å². The summed E-state index contributed by atoms with van der Waals surface area (Å²) in [7, 11) is 0. The quantitative estimate of drug-likeness (QED) is 0.521. The summed E-state index contributed by atoms with van der Waals surface area (Å²) in [6, 6.07) is 14.9. The normalized spacial score (nSPS) is 12.6. The number of carbonyl (C=O) groups is 2. The number of anilines is 1. The van der Waals surface area contributed by atoms with E-state index in [2.05, 4.69) is 4.98 Å². The zero-order valence-electron chi connectivity index (χ0n) is 16.1. The molecule has 5 heteroatoms. The van der Waals surface area contributed by atoms with Crippen LogP contribution in [0.1, 0.15) is 40.9 Å². The highest BCUT2D eigenvalue weighted by molar-refractivity contribution is 6.30. The molecule has 2 heterocycles. The largest absolute Gasteiger partial charge is 0.308 e. The Labute approximate surface area is 174 Å². The van der Waals surface area contributed by atoms with E-state index in [0.29, 0.717) is 22.8 Å². The number of amides is 1. The molecule has 29 heavy (non-hydrogen) atoms. The van der Waals surface area contributed by atoms with Crippen LogP contribution in [-0.4, -0.2) is 16.7 Å². The first-order valence-corrected chi connectivity index (χ1v) is 9.67. The molecule has 4 rings (SSSR count). The van der Waals surface area contributed by atoms with Gasteiger partial charge in [0.2, 0.25) is 5.91 Å². The number of hydrogen-bond donors (Lipinski definition) is 0. The van der Waals surface area contributed by atoms with Gasteiger partial charge in [-0.15, -0.1) is 0 Å². The van der Waals surface area contributed by atoms with Gasteiger partial charge in [0.05, 0.1) is 17.9 Å². The van der Waals surface area contributed by atoms with E-state index in [0.717, 1.165) is 27.9 Å². The Morgan fingerprint density at radius 2 is 1.76 bits per heavy atom. The number of carbonyl (C=O) groups excluding carboxylic acids is 2. The van der Waals surface area contributed by atoms with Gasteiger partial charge in [-0.1, -0.05) is 48.0 Å². The number of benzene rings is 2. The fourth-order valence-corrected chi connectivity index (χ4v) is 3.76. The molecule has 2 aromatic carbocycles. The summed E-state index contributed by atoms with van der Waals surface area (Å²) in [6.45, 7) is 3.51.